The second-order valence-electron chi connectivity index (χ2n) is 5.30. The summed E-state index contributed by atoms with van der Waals surface area (Å²) in [6.07, 6.45) is 0. The van der Waals surface area contributed by atoms with Gasteiger partial charge in [0.15, 0.2) is 5.96 Å². The fourth-order valence-electron chi connectivity index (χ4n) is 2.05. The van der Waals surface area contributed by atoms with Crippen LogP contribution in [0.5, 0.6) is 5.75 Å². The van der Waals surface area contributed by atoms with Crippen LogP contribution in [-0.4, -0.2) is 19.1 Å². The highest BCUT2D eigenvalue weighted by atomic mass is 127. The molecule has 0 aliphatic carbocycles. The minimum Gasteiger partial charge on any atom is -0.491 e. The molecule has 2 aromatic carbocycles. The summed E-state index contributed by atoms with van der Waals surface area (Å²) in [7, 11) is 0. The smallest absolute Gasteiger partial charge is 0.193 e. The lowest BCUT2D eigenvalue weighted by Gasteiger charge is -2.09. The van der Waals surface area contributed by atoms with Gasteiger partial charge in [0.1, 0.15) is 12.4 Å². The molecule has 0 saturated heterocycles. The number of ether oxygens (including phenoxy) is 1. The lowest BCUT2D eigenvalue weighted by Crippen LogP contribution is -2.23. The maximum Gasteiger partial charge on any atom is 0.193 e. The van der Waals surface area contributed by atoms with E-state index in [1.54, 1.807) is 0 Å². The molecule has 0 saturated carbocycles. The van der Waals surface area contributed by atoms with E-state index in [4.69, 9.17) is 10.5 Å². The van der Waals surface area contributed by atoms with Crippen molar-refractivity contribution in [2.24, 2.45) is 10.7 Å². The Labute approximate surface area is 155 Å². The first-order valence-electron chi connectivity index (χ1n) is 7.39. The number of hydrogen-bond donors (Lipinski definition) is 2. The molecule has 23 heavy (non-hydrogen) atoms. The van der Waals surface area contributed by atoms with Crippen LogP contribution < -0.4 is 15.8 Å². The second-order valence-corrected chi connectivity index (χ2v) is 5.30. The van der Waals surface area contributed by atoms with Gasteiger partial charge in [-0.2, -0.15) is 0 Å². The summed E-state index contributed by atoms with van der Waals surface area (Å²) in [5, 5.41) is 3.09. The van der Waals surface area contributed by atoms with Crippen molar-refractivity contribution in [2.75, 3.05) is 18.5 Å². The Morgan fingerprint density at radius 3 is 2.48 bits per heavy atom. The first-order chi connectivity index (χ1) is 10.6. The molecule has 0 aliphatic heterocycles. The van der Waals surface area contributed by atoms with E-state index in [1.807, 2.05) is 37.3 Å². The van der Waals surface area contributed by atoms with Gasteiger partial charge in [0.2, 0.25) is 0 Å². The van der Waals surface area contributed by atoms with Gasteiger partial charge in [0.25, 0.3) is 0 Å². The normalized spacial score (nSPS) is 10.8. The van der Waals surface area contributed by atoms with Gasteiger partial charge in [-0.15, -0.1) is 24.0 Å². The van der Waals surface area contributed by atoms with Crippen LogP contribution in [0.4, 0.5) is 5.69 Å². The molecule has 0 unspecified atom stereocenters. The van der Waals surface area contributed by atoms with E-state index in [0.717, 1.165) is 17.0 Å². The van der Waals surface area contributed by atoms with Crippen molar-refractivity contribution < 1.29 is 4.74 Å². The first-order valence-corrected chi connectivity index (χ1v) is 7.39. The molecule has 0 fully saturated rings. The monoisotopic (exact) mass is 425 g/mol. The van der Waals surface area contributed by atoms with Crippen molar-refractivity contribution in [3.05, 3.63) is 59.2 Å². The number of nitrogens with one attached hydrogen (secondary N) is 1. The molecule has 124 valence electrons. The van der Waals surface area contributed by atoms with E-state index in [0.29, 0.717) is 19.1 Å². The minimum absolute atomic E-state index is 0. The molecule has 0 heterocycles. The largest absolute Gasteiger partial charge is 0.491 e. The molecule has 0 aromatic heterocycles. The molecule has 0 bridgehead atoms. The first kappa shape index (κ1) is 19.3. The maximum absolute atomic E-state index is 5.89. The Hall–Kier alpha value is -1.76. The third-order valence-corrected chi connectivity index (χ3v) is 3.50. The standard InChI is InChI=1S/C18H23N3O.HI/c1-13-8-9-16(12-15(13)3)21-18(19)20-10-11-22-17-7-5-4-6-14(17)2;/h4-9,12H,10-11H2,1-3H3,(H3,19,20,21);1H. The van der Waals surface area contributed by atoms with Crippen LogP contribution in [0, 0.1) is 20.8 Å². The number of halogens is 1. The summed E-state index contributed by atoms with van der Waals surface area (Å²) >= 11 is 0. The quantitative estimate of drug-likeness (QED) is 0.329. The summed E-state index contributed by atoms with van der Waals surface area (Å²) in [4.78, 5) is 4.27. The van der Waals surface area contributed by atoms with Crippen LogP contribution in [0.1, 0.15) is 16.7 Å². The summed E-state index contributed by atoms with van der Waals surface area (Å²) in [6.45, 7) is 7.19. The van der Waals surface area contributed by atoms with Crippen LogP contribution in [0.15, 0.2) is 47.5 Å². The predicted molar refractivity (Wildman–Crippen MR) is 108 cm³/mol. The van der Waals surface area contributed by atoms with Crippen LogP contribution in [-0.2, 0) is 0 Å². The van der Waals surface area contributed by atoms with E-state index in [-0.39, 0.29) is 24.0 Å². The number of aryl methyl sites for hydroxylation is 3. The lowest BCUT2D eigenvalue weighted by atomic mass is 10.1. The highest BCUT2D eigenvalue weighted by Gasteiger charge is 1.99. The van der Waals surface area contributed by atoms with Crippen molar-refractivity contribution in [3.8, 4) is 5.75 Å². The number of rotatable bonds is 5. The number of benzene rings is 2. The summed E-state index contributed by atoms with van der Waals surface area (Å²) in [6, 6.07) is 14.0. The third kappa shape index (κ3) is 6.09. The van der Waals surface area contributed by atoms with Crippen molar-refractivity contribution in [1.82, 2.24) is 0 Å². The molecule has 0 aliphatic rings. The van der Waals surface area contributed by atoms with Gasteiger partial charge in [-0.1, -0.05) is 24.3 Å². The Morgan fingerprint density at radius 2 is 1.78 bits per heavy atom. The van der Waals surface area contributed by atoms with Gasteiger partial charge < -0.3 is 15.8 Å². The summed E-state index contributed by atoms with van der Waals surface area (Å²) in [5.41, 5.74) is 10.4. The Balaban J connectivity index is 0.00000264. The van der Waals surface area contributed by atoms with Gasteiger partial charge in [-0.25, -0.2) is 4.99 Å². The molecule has 2 rings (SSSR count). The number of guanidine groups is 1. The van der Waals surface area contributed by atoms with Gasteiger partial charge in [0.05, 0.1) is 6.54 Å². The minimum atomic E-state index is 0. The highest BCUT2D eigenvalue weighted by molar-refractivity contribution is 14.0. The van der Waals surface area contributed by atoms with Gasteiger partial charge in [-0.05, 0) is 55.7 Å². The Bertz CT molecular complexity index is 671. The van der Waals surface area contributed by atoms with Gasteiger partial charge in [0, 0.05) is 5.69 Å². The summed E-state index contributed by atoms with van der Waals surface area (Å²) in [5.74, 6) is 1.29. The SMILES string of the molecule is Cc1ccc(NC(N)=NCCOc2ccccc2C)cc1C.I. The van der Waals surface area contributed by atoms with Crippen molar-refractivity contribution in [2.45, 2.75) is 20.8 Å². The maximum atomic E-state index is 5.89. The van der Waals surface area contributed by atoms with Crippen LogP contribution in [0.25, 0.3) is 0 Å². The van der Waals surface area contributed by atoms with Gasteiger partial charge >= 0.3 is 0 Å². The molecule has 5 heteroatoms. The molecular weight excluding hydrogens is 401 g/mol. The number of nitrogens with two attached hydrogens (primary N) is 1. The summed E-state index contributed by atoms with van der Waals surface area (Å²) < 4.78 is 5.68. The molecule has 3 N–H and O–H groups in total. The van der Waals surface area contributed by atoms with Crippen molar-refractivity contribution in [3.63, 3.8) is 0 Å². The number of nitrogens with zero attached hydrogens (tertiary/aromatic N) is 1. The van der Waals surface area contributed by atoms with E-state index < -0.39 is 0 Å². The van der Waals surface area contributed by atoms with Crippen LogP contribution in [0.2, 0.25) is 0 Å². The number of aliphatic imine (C=N–C) groups is 1. The van der Waals surface area contributed by atoms with Gasteiger partial charge in [-0.3, -0.25) is 0 Å². The average Bonchev–Trinajstić information content (AvgIpc) is 2.49. The fourth-order valence-corrected chi connectivity index (χ4v) is 2.05. The lowest BCUT2D eigenvalue weighted by molar-refractivity contribution is 0.326. The van der Waals surface area contributed by atoms with E-state index in [9.17, 15) is 0 Å². The van der Waals surface area contributed by atoms with Crippen molar-refractivity contribution in [1.29, 1.82) is 0 Å². The van der Waals surface area contributed by atoms with Crippen LogP contribution in [0.3, 0.4) is 0 Å². The van der Waals surface area contributed by atoms with E-state index >= 15 is 0 Å². The number of hydrogen-bond acceptors (Lipinski definition) is 2. The van der Waals surface area contributed by atoms with Crippen LogP contribution >= 0.6 is 24.0 Å². The topological polar surface area (TPSA) is 59.6 Å². The molecule has 0 amide bonds. The molecule has 0 radical (unpaired) electrons. The van der Waals surface area contributed by atoms with E-state index in [2.05, 4.69) is 36.3 Å². The average molecular weight is 425 g/mol. The van der Waals surface area contributed by atoms with Crippen molar-refractivity contribution >= 4 is 35.6 Å². The fraction of sp³-hybridized carbons (Fsp3) is 0.278. The molecule has 4 nitrogen and oxygen atoms in total. The van der Waals surface area contributed by atoms with E-state index in [1.165, 1.54) is 11.1 Å². The third-order valence-electron chi connectivity index (χ3n) is 3.50. The zero-order valence-corrected chi connectivity index (χ0v) is 16.1. The predicted octanol–water partition coefficient (Wildman–Crippen LogP) is 4.04. The zero-order chi connectivity index (χ0) is 15.9. The number of anilines is 1. The zero-order valence-electron chi connectivity index (χ0n) is 13.8. The molecular formula is C18H24IN3O. The number of para-hydroxylation sites is 1. The Morgan fingerprint density at radius 1 is 1.04 bits per heavy atom. The highest BCUT2D eigenvalue weighted by Crippen LogP contribution is 2.16. The second kappa shape index (κ2) is 9.39. The molecule has 2 aromatic rings. The molecule has 0 spiro atoms. The molecule has 0 atom stereocenters. The Kier molecular flexibility index (Phi) is 7.88.